The minimum absolute atomic E-state index is 0.0239. The molecule has 144 valence electrons. The second-order valence-corrected chi connectivity index (χ2v) is 8.32. The maximum absolute atomic E-state index is 12.7. The van der Waals surface area contributed by atoms with Crippen LogP contribution in [0.15, 0.2) is 24.3 Å². The molecular weight excluding hydrogens is 330 g/mol. The van der Waals surface area contributed by atoms with Crippen molar-refractivity contribution in [2.24, 2.45) is 0 Å². The second kappa shape index (κ2) is 8.07. The zero-order valence-corrected chi connectivity index (χ0v) is 15.9. The van der Waals surface area contributed by atoms with Crippen molar-refractivity contribution in [3.8, 4) is 0 Å². The van der Waals surface area contributed by atoms with Crippen LogP contribution in [0.3, 0.4) is 0 Å². The first-order chi connectivity index (χ1) is 12.4. The fraction of sp³-hybridized carbons (Fsp3) is 0.667. The molecule has 0 radical (unpaired) electrons. The molecule has 1 aromatic carbocycles. The van der Waals surface area contributed by atoms with Crippen molar-refractivity contribution in [1.29, 1.82) is 0 Å². The predicted molar refractivity (Wildman–Crippen MR) is 100 cm³/mol. The van der Waals surface area contributed by atoms with E-state index in [4.69, 9.17) is 9.47 Å². The Labute approximate surface area is 156 Å². The van der Waals surface area contributed by atoms with Crippen LogP contribution in [0.2, 0.25) is 0 Å². The minimum Gasteiger partial charge on any atom is -0.390 e. The van der Waals surface area contributed by atoms with Gasteiger partial charge in [0, 0.05) is 31.4 Å². The third-order valence-electron chi connectivity index (χ3n) is 5.45. The fourth-order valence-electron chi connectivity index (χ4n) is 3.83. The summed E-state index contributed by atoms with van der Waals surface area (Å²) < 4.78 is 11.5. The van der Waals surface area contributed by atoms with E-state index in [0.717, 1.165) is 50.9 Å². The van der Waals surface area contributed by atoms with Crippen molar-refractivity contribution < 1.29 is 19.4 Å². The Bertz CT molecular complexity index is 611. The van der Waals surface area contributed by atoms with Crippen LogP contribution in [0.5, 0.6) is 0 Å². The van der Waals surface area contributed by atoms with E-state index in [1.54, 1.807) is 13.8 Å². The van der Waals surface area contributed by atoms with E-state index in [0.29, 0.717) is 18.6 Å². The Morgan fingerprint density at radius 3 is 2.81 bits per heavy atom. The second-order valence-electron chi connectivity index (χ2n) is 8.32. The van der Waals surface area contributed by atoms with E-state index >= 15 is 0 Å². The molecule has 0 aliphatic carbocycles. The quantitative estimate of drug-likeness (QED) is 0.846. The Hall–Kier alpha value is -1.43. The number of amides is 1. The lowest BCUT2D eigenvalue weighted by molar-refractivity contribution is -0.139. The molecule has 2 N–H and O–H groups in total. The van der Waals surface area contributed by atoms with E-state index in [9.17, 15) is 9.90 Å². The molecule has 1 amide bonds. The standard InChI is InChI=1S/C21H31NO4/c1-20(2,24)8-6-16-4-3-5-17(14-16)19(23)22-18-7-11-26-21(15-18)9-12-25-13-10-21/h3-5,14,18,24H,6-13,15H2,1-2H3,(H,22,23)/t18-/m1/s1. The molecule has 26 heavy (non-hydrogen) atoms. The maximum Gasteiger partial charge on any atom is 0.251 e. The average molecular weight is 361 g/mol. The maximum atomic E-state index is 12.7. The number of ether oxygens (including phenoxy) is 2. The van der Waals surface area contributed by atoms with Gasteiger partial charge in [0.15, 0.2) is 0 Å². The van der Waals surface area contributed by atoms with Crippen molar-refractivity contribution in [1.82, 2.24) is 5.32 Å². The van der Waals surface area contributed by atoms with E-state index < -0.39 is 5.60 Å². The Balaban J connectivity index is 1.59. The van der Waals surface area contributed by atoms with Gasteiger partial charge in [0.05, 0.1) is 11.2 Å². The van der Waals surface area contributed by atoms with Gasteiger partial charge in [-0.05, 0) is 70.1 Å². The lowest BCUT2D eigenvalue weighted by Crippen LogP contribution is -2.51. The molecule has 2 aliphatic heterocycles. The number of carbonyl (C=O) groups excluding carboxylic acids is 1. The van der Waals surface area contributed by atoms with Crippen molar-refractivity contribution in [3.63, 3.8) is 0 Å². The molecular formula is C21H31NO4. The zero-order valence-electron chi connectivity index (χ0n) is 15.9. The molecule has 1 aromatic rings. The number of hydrogen-bond donors (Lipinski definition) is 2. The van der Waals surface area contributed by atoms with Crippen LogP contribution in [0.1, 0.15) is 61.9 Å². The van der Waals surface area contributed by atoms with Gasteiger partial charge in [-0.15, -0.1) is 0 Å². The number of aryl methyl sites for hydroxylation is 1. The number of nitrogens with one attached hydrogen (secondary N) is 1. The van der Waals surface area contributed by atoms with Crippen molar-refractivity contribution in [3.05, 3.63) is 35.4 Å². The van der Waals surface area contributed by atoms with E-state index in [1.165, 1.54) is 0 Å². The van der Waals surface area contributed by atoms with Crippen LogP contribution < -0.4 is 5.32 Å². The van der Waals surface area contributed by atoms with Gasteiger partial charge < -0.3 is 19.9 Å². The van der Waals surface area contributed by atoms with Gasteiger partial charge >= 0.3 is 0 Å². The summed E-state index contributed by atoms with van der Waals surface area (Å²) in [4.78, 5) is 12.7. The highest BCUT2D eigenvalue weighted by Gasteiger charge is 2.39. The zero-order chi connectivity index (χ0) is 18.6. The monoisotopic (exact) mass is 361 g/mol. The largest absolute Gasteiger partial charge is 0.390 e. The number of aliphatic hydroxyl groups is 1. The van der Waals surface area contributed by atoms with Gasteiger partial charge in [-0.25, -0.2) is 0 Å². The van der Waals surface area contributed by atoms with Crippen LogP contribution in [0, 0.1) is 0 Å². The molecule has 5 heteroatoms. The third-order valence-corrected chi connectivity index (χ3v) is 5.45. The van der Waals surface area contributed by atoms with Crippen molar-refractivity contribution >= 4 is 5.91 Å². The summed E-state index contributed by atoms with van der Waals surface area (Å²) in [5, 5.41) is 13.1. The summed E-state index contributed by atoms with van der Waals surface area (Å²) in [6.45, 7) is 5.78. The molecule has 3 rings (SSSR count). The van der Waals surface area contributed by atoms with Crippen molar-refractivity contribution in [2.45, 2.75) is 69.6 Å². The van der Waals surface area contributed by atoms with Crippen LogP contribution in [-0.4, -0.2) is 48.1 Å². The Morgan fingerprint density at radius 1 is 1.31 bits per heavy atom. The van der Waals surface area contributed by atoms with Gasteiger partial charge in [-0.1, -0.05) is 12.1 Å². The molecule has 0 aromatic heterocycles. The normalized spacial score (nSPS) is 23.0. The smallest absolute Gasteiger partial charge is 0.251 e. The third kappa shape index (κ3) is 5.29. The summed E-state index contributed by atoms with van der Waals surface area (Å²) >= 11 is 0. The molecule has 2 fully saturated rings. The molecule has 0 bridgehead atoms. The molecule has 2 saturated heterocycles. The highest BCUT2D eigenvalue weighted by atomic mass is 16.5. The highest BCUT2D eigenvalue weighted by molar-refractivity contribution is 5.94. The molecule has 0 unspecified atom stereocenters. The van der Waals surface area contributed by atoms with Gasteiger partial charge in [0.1, 0.15) is 0 Å². The molecule has 1 spiro atoms. The predicted octanol–water partition coefficient (Wildman–Crippen LogP) is 2.85. The molecule has 1 atom stereocenters. The molecule has 5 nitrogen and oxygen atoms in total. The van der Waals surface area contributed by atoms with E-state index in [1.807, 2.05) is 24.3 Å². The Kier molecular flexibility index (Phi) is 6.00. The van der Waals surface area contributed by atoms with Crippen LogP contribution >= 0.6 is 0 Å². The topological polar surface area (TPSA) is 67.8 Å². The van der Waals surface area contributed by atoms with Crippen LogP contribution in [0.4, 0.5) is 0 Å². The van der Waals surface area contributed by atoms with Crippen LogP contribution in [-0.2, 0) is 15.9 Å². The molecule has 0 saturated carbocycles. The van der Waals surface area contributed by atoms with Gasteiger partial charge in [0.2, 0.25) is 0 Å². The first-order valence-electron chi connectivity index (χ1n) is 9.69. The number of hydrogen-bond acceptors (Lipinski definition) is 4. The summed E-state index contributed by atoms with van der Waals surface area (Å²) in [5.41, 5.74) is 0.944. The SMILES string of the molecule is CC(C)(O)CCc1cccc(C(=O)N[C@@H]2CCOC3(CCOCC3)C2)c1. The lowest BCUT2D eigenvalue weighted by Gasteiger charge is -2.43. The highest BCUT2D eigenvalue weighted by Crippen LogP contribution is 2.34. The number of benzene rings is 1. The summed E-state index contributed by atoms with van der Waals surface area (Å²) in [5.74, 6) is -0.0239. The van der Waals surface area contributed by atoms with Crippen LogP contribution in [0.25, 0.3) is 0 Å². The van der Waals surface area contributed by atoms with E-state index in [-0.39, 0.29) is 17.6 Å². The first-order valence-corrected chi connectivity index (χ1v) is 9.69. The number of rotatable bonds is 5. The average Bonchev–Trinajstić information content (AvgIpc) is 2.60. The van der Waals surface area contributed by atoms with Crippen molar-refractivity contribution in [2.75, 3.05) is 19.8 Å². The van der Waals surface area contributed by atoms with Gasteiger partial charge in [-0.3, -0.25) is 4.79 Å². The molecule has 2 aliphatic rings. The minimum atomic E-state index is -0.696. The summed E-state index contributed by atoms with van der Waals surface area (Å²) in [6, 6.07) is 7.86. The summed E-state index contributed by atoms with van der Waals surface area (Å²) in [6.07, 6.45) is 4.96. The van der Waals surface area contributed by atoms with Gasteiger partial charge in [-0.2, -0.15) is 0 Å². The van der Waals surface area contributed by atoms with E-state index in [2.05, 4.69) is 5.32 Å². The lowest BCUT2D eigenvalue weighted by atomic mass is 9.84. The van der Waals surface area contributed by atoms with Gasteiger partial charge in [0.25, 0.3) is 5.91 Å². The molecule has 2 heterocycles. The Morgan fingerprint density at radius 2 is 2.08 bits per heavy atom. The number of carbonyl (C=O) groups is 1. The first kappa shape index (κ1) is 19.3. The fourth-order valence-corrected chi connectivity index (χ4v) is 3.83. The summed E-state index contributed by atoms with van der Waals surface area (Å²) in [7, 11) is 0.